The lowest BCUT2D eigenvalue weighted by molar-refractivity contribution is -0.130. The Morgan fingerprint density at radius 3 is 2.52 bits per heavy atom. The molecule has 2 fully saturated rings. The van der Waals surface area contributed by atoms with Crippen LogP contribution in [-0.2, 0) is 14.1 Å². The Kier molecular flexibility index (Phi) is 5.98. The SMILES string of the molecule is CC1(C)OB(c2cnc(OCC3CCCN(C(=O)CCl)C3)nc2)OC1(C)C. The normalized spacial score (nSPS) is 24.1. The number of rotatable bonds is 5. The molecule has 0 radical (unpaired) electrons. The van der Waals surface area contributed by atoms with Crippen LogP contribution in [0.25, 0.3) is 0 Å². The summed E-state index contributed by atoms with van der Waals surface area (Å²) in [5.74, 6) is 0.263. The first kappa shape index (κ1) is 20.4. The van der Waals surface area contributed by atoms with E-state index in [-0.39, 0.29) is 17.7 Å². The summed E-state index contributed by atoms with van der Waals surface area (Å²) in [5, 5.41) is 0. The van der Waals surface area contributed by atoms with Gasteiger partial charge in [-0.3, -0.25) is 4.79 Å². The van der Waals surface area contributed by atoms with Crippen molar-refractivity contribution in [3.63, 3.8) is 0 Å². The van der Waals surface area contributed by atoms with Crippen molar-refractivity contribution in [2.24, 2.45) is 5.92 Å². The lowest BCUT2D eigenvalue weighted by atomic mass is 9.81. The van der Waals surface area contributed by atoms with Crippen LogP contribution in [-0.4, -0.2) is 64.7 Å². The van der Waals surface area contributed by atoms with Crippen LogP contribution in [0.4, 0.5) is 0 Å². The summed E-state index contributed by atoms with van der Waals surface area (Å²) in [5.41, 5.74) is -0.0436. The van der Waals surface area contributed by atoms with Crippen LogP contribution in [0.2, 0.25) is 0 Å². The average molecular weight is 396 g/mol. The van der Waals surface area contributed by atoms with E-state index in [0.29, 0.717) is 19.2 Å². The number of halogens is 1. The van der Waals surface area contributed by atoms with Crippen LogP contribution in [0.15, 0.2) is 12.4 Å². The number of piperidine rings is 1. The van der Waals surface area contributed by atoms with Crippen LogP contribution in [0, 0.1) is 5.92 Å². The van der Waals surface area contributed by atoms with Gasteiger partial charge in [0.15, 0.2) is 0 Å². The van der Waals surface area contributed by atoms with Gasteiger partial charge >= 0.3 is 13.1 Å². The van der Waals surface area contributed by atoms with E-state index in [1.165, 1.54) is 0 Å². The highest BCUT2D eigenvalue weighted by Gasteiger charge is 2.51. The molecular formula is C18H27BClN3O4. The minimum atomic E-state index is -0.488. The van der Waals surface area contributed by atoms with E-state index >= 15 is 0 Å². The summed E-state index contributed by atoms with van der Waals surface area (Å²) < 4.78 is 17.7. The topological polar surface area (TPSA) is 73.8 Å². The van der Waals surface area contributed by atoms with Gasteiger partial charge in [0.05, 0.1) is 17.8 Å². The molecule has 0 aromatic carbocycles. The van der Waals surface area contributed by atoms with Crippen LogP contribution in [0.3, 0.4) is 0 Å². The van der Waals surface area contributed by atoms with Gasteiger partial charge in [0.1, 0.15) is 5.88 Å². The Balaban J connectivity index is 1.53. The Labute approximate surface area is 165 Å². The third-order valence-electron chi connectivity index (χ3n) is 5.61. The smallest absolute Gasteiger partial charge is 0.463 e. The summed E-state index contributed by atoms with van der Waals surface area (Å²) >= 11 is 5.65. The highest BCUT2D eigenvalue weighted by atomic mass is 35.5. The number of ether oxygens (including phenoxy) is 1. The molecule has 0 N–H and O–H groups in total. The summed E-state index contributed by atoms with van der Waals surface area (Å²) in [6.45, 7) is 9.93. The first-order valence-electron chi connectivity index (χ1n) is 9.36. The third-order valence-corrected chi connectivity index (χ3v) is 5.84. The van der Waals surface area contributed by atoms with Gasteiger partial charge in [-0.1, -0.05) is 0 Å². The number of amides is 1. The zero-order valence-corrected chi connectivity index (χ0v) is 17.2. The second-order valence-corrected chi connectivity index (χ2v) is 8.45. The molecule has 1 aromatic rings. The number of carbonyl (C=O) groups is 1. The first-order chi connectivity index (χ1) is 12.7. The summed E-state index contributed by atoms with van der Waals surface area (Å²) in [6, 6.07) is 0.316. The number of likely N-dealkylation sites (tertiary alicyclic amines) is 1. The van der Waals surface area contributed by atoms with Gasteiger partial charge in [-0.25, -0.2) is 9.97 Å². The standard InChI is InChI=1S/C18H27BClN3O4/c1-17(2)18(3,4)27-19(26-17)14-9-21-16(22-10-14)25-12-13-6-5-7-23(11-13)15(24)8-20/h9-10,13H,5-8,11-12H2,1-4H3. The minimum absolute atomic E-state index is 0.0237. The predicted molar refractivity (Wildman–Crippen MR) is 103 cm³/mol. The maximum atomic E-state index is 11.7. The van der Waals surface area contributed by atoms with Gasteiger partial charge in [-0.2, -0.15) is 0 Å². The van der Waals surface area contributed by atoms with Gasteiger partial charge in [0, 0.05) is 36.9 Å². The van der Waals surface area contributed by atoms with Gasteiger partial charge < -0.3 is 18.9 Å². The van der Waals surface area contributed by atoms with E-state index < -0.39 is 18.3 Å². The number of aromatic nitrogens is 2. The summed E-state index contributed by atoms with van der Waals surface area (Å²) in [4.78, 5) is 22.1. The maximum absolute atomic E-state index is 11.7. The lowest BCUT2D eigenvalue weighted by Gasteiger charge is -2.32. The fraction of sp³-hybridized carbons (Fsp3) is 0.722. The van der Waals surface area contributed by atoms with E-state index in [4.69, 9.17) is 25.6 Å². The maximum Gasteiger partial charge on any atom is 0.498 e. The number of nitrogens with zero attached hydrogens (tertiary/aromatic N) is 3. The quantitative estimate of drug-likeness (QED) is 0.557. The molecule has 27 heavy (non-hydrogen) atoms. The Morgan fingerprint density at radius 1 is 1.30 bits per heavy atom. The molecule has 1 aromatic heterocycles. The molecule has 2 aliphatic heterocycles. The van der Waals surface area contributed by atoms with E-state index in [9.17, 15) is 4.79 Å². The van der Waals surface area contributed by atoms with E-state index in [1.807, 2.05) is 27.7 Å². The largest absolute Gasteiger partial charge is 0.498 e. The van der Waals surface area contributed by atoms with Gasteiger partial charge in [0.2, 0.25) is 5.91 Å². The number of hydrogen-bond donors (Lipinski definition) is 0. The summed E-state index contributed by atoms with van der Waals surface area (Å²) in [7, 11) is -0.488. The molecule has 7 nitrogen and oxygen atoms in total. The predicted octanol–water partition coefficient (Wildman–Crippen LogP) is 1.63. The van der Waals surface area contributed by atoms with Crippen molar-refractivity contribution in [1.82, 2.24) is 14.9 Å². The molecular weight excluding hydrogens is 368 g/mol. The van der Waals surface area contributed by atoms with Crippen LogP contribution < -0.4 is 10.2 Å². The molecule has 2 aliphatic rings. The second kappa shape index (κ2) is 7.93. The fourth-order valence-corrected chi connectivity index (χ4v) is 3.38. The van der Waals surface area contributed by atoms with Crippen LogP contribution in [0.1, 0.15) is 40.5 Å². The van der Waals surface area contributed by atoms with Crippen molar-refractivity contribution in [3.05, 3.63) is 12.4 Å². The van der Waals surface area contributed by atoms with Gasteiger partial charge in [-0.05, 0) is 40.5 Å². The molecule has 1 atom stereocenters. The van der Waals surface area contributed by atoms with Crippen molar-refractivity contribution in [2.75, 3.05) is 25.6 Å². The molecule has 1 unspecified atom stereocenters. The fourth-order valence-electron chi connectivity index (χ4n) is 3.21. The number of carbonyl (C=O) groups excluding carboxylic acids is 1. The van der Waals surface area contributed by atoms with Gasteiger partial charge in [-0.15, -0.1) is 11.6 Å². The Bertz CT molecular complexity index is 655. The van der Waals surface area contributed by atoms with E-state index in [2.05, 4.69) is 9.97 Å². The Morgan fingerprint density at radius 2 is 1.93 bits per heavy atom. The highest BCUT2D eigenvalue weighted by molar-refractivity contribution is 6.61. The molecule has 1 amide bonds. The molecule has 2 saturated heterocycles. The van der Waals surface area contributed by atoms with Crippen molar-refractivity contribution >= 4 is 30.1 Å². The third kappa shape index (κ3) is 4.55. The van der Waals surface area contributed by atoms with Crippen molar-refractivity contribution in [1.29, 1.82) is 0 Å². The van der Waals surface area contributed by atoms with Gasteiger partial charge in [0.25, 0.3) is 0 Å². The second-order valence-electron chi connectivity index (χ2n) is 8.18. The molecule has 0 saturated carbocycles. The molecule has 3 heterocycles. The molecule has 3 rings (SSSR count). The highest BCUT2D eigenvalue weighted by Crippen LogP contribution is 2.36. The molecule has 148 valence electrons. The lowest BCUT2D eigenvalue weighted by Crippen LogP contribution is -2.42. The average Bonchev–Trinajstić information content (AvgIpc) is 2.87. The van der Waals surface area contributed by atoms with Crippen LogP contribution in [0.5, 0.6) is 6.01 Å². The number of alkyl halides is 1. The number of hydrogen-bond acceptors (Lipinski definition) is 6. The molecule has 0 spiro atoms. The Hall–Kier alpha value is -1.38. The summed E-state index contributed by atoms with van der Waals surface area (Å²) in [6.07, 6.45) is 5.32. The zero-order chi connectivity index (χ0) is 19.7. The van der Waals surface area contributed by atoms with Crippen LogP contribution >= 0.6 is 11.6 Å². The van der Waals surface area contributed by atoms with E-state index in [1.54, 1.807) is 17.3 Å². The molecule has 0 bridgehead atoms. The van der Waals surface area contributed by atoms with Crippen molar-refractivity contribution < 1.29 is 18.8 Å². The minimum Gasteiger partial charge on any atom is -0.463 e. The zero-order valence-electron chi connectivity index (χ0n) is 16.4. The molecule has 0 aliphatic carbocycles. The first-order valence-corrected chi connectivity index (χ1v) is 9.89. The van der Waals surface area contributed by atoms with E-state index in [0.717, 1.165) is 24.8 Å². The van der Waals surface area contributed by atoms with Crippen molar-refractivity contribution in [2.45, 2.75) is 51.7 Å². The van der Waals surface area contributed by atoms with Crippen molar-refractivity contribution in [3.8, 4) is 6.01 Å². The monoisotopic (exact) mass is 395 g/mol. The molecule has 9 heteroatoms.